The van der Waals surface area contributed by atoms with Crippen molar-refractivity contribution in [2.24, 2.45) is 5.92 Å². The molecule has 5 rings (SSSR count). The second-order valence-corrected chi connectivity index (χ2v) is 20.2. The molecule has 2 aliphatic heterocycles. The highest BCUT2D eigenvalue weighted by Gasteiger charge is 2.46. The molecule has 0 aliphatic carbocycles. The fourth-order valence-electron chi connectivity index (χ4n) is 6.51. The molecular weight excluding hydrogens is 619 g/mol. The topological polar surface area (TPSA) is 125 Å². The molecule has 48 heavy (non-hydrogen) atoms. The van der Waals surface area contributed by atoms with Gasteiger partial charge in [-0.25, -0.2) is 14.6 Å². The van der Waals surface area contributed by atoms with Crippen molar-refractivity contribution in [2.45, 2.75) is 84.4 Å². The van der Waals surface area contributed by atoms with Crippen LogP contribution in [-0.2, 0) is 21.1 Å². The van der Waals surface area contributed by atoms with E-state index in [-0.39, 0.29) is 5.04 Å². The van der Waals surface area contributed by atoms with E-state index < -0.39 is 20.8 Å². The maximum atomic E-state index is 10.8. The Morgan fingerprint density at radius 2 is 1.94 bits per heavy atom. The molecule has 0 saturated carbocycles. The zero-order chi connectivity index (χ0) is 34.9. The molecule has 2 aromatic heterocycles. The predicted molar refractivity (Wildman–Crippen MR) is 195 cm³/mol. The van der Waals surface area contributed by atoms with E-state index in [0.29, 0.717) is 36.3 Å². The molecule has 1 atom stereocenters. The molecule has 1 fully saturated rings. The number of ether oxygens (including phenoxy) is 1. The number of nitrogens with zero attached hydrogens (tertiary/aromatic N) is 7. The molecule has 2 aliphatic rings. The van der Waals surface area contributed by atoms with Crippen LogP contribution in [0.5, 0.6) is 0 Å². The highest BCUT2D eigenvalue weighted by Crippen LogP contribution is 2.47. The summed E-state index contributed by atoms with van der Waals surface area (Å²) in [6.45, 7) is 22.9. The Morgan fingerprint density at radius 1 is 1.21 bits per heavy atom. The van der Waals surface area contributed by atoms with Gasteiger partial charge in [0, 0.05) is 62.3 Å². The van der Waals surface area contributed by atoms with Gasteiger partial charge in [-0.1, -0.05) is 27.7 Å². The van der Waals surface area contributed by atoms with Crippen LogP contribution in [-0.4, -0.2) is 91.5 Å². The number of piperidine rings is 1. The Bertz CT molecular complexity index is 1630. The first-order valence-electron chi connectivity index (χ1n) is 17.2. The number of hydrogen-bond donors (Lipinski definition) is 2. The van der Waals surface area contributed by atoms with Gasteiger partial charge in [0.05, 0.1) is 23.6 Å². The number of fused-ring (bicyclic) bond motifs is 1. The molecule has 0 unspecified atom stereocenters. The molecule has 0 spiro atoms. The normalized spacial score (nSPS) is 19.0. The van der Waals surface area contributed by atoms with Crippen molar-refractivity contribution in [1.29, 1.82) is 5.26 Å². The van der Waals surface area contributed by atoms with Gasteiger partial charge in [-0.05, 0) is 87.5 Å². The number of nitriles is 1. The van der Waals surface area contributed by atoms with E-state index in [9.17, 15) is 10.3 Å². The number of hydrogen-bond acceptors (Lipinski definition) is 10. The average molecular weight is 673 g/mol. The van der Waals surface area contributed by atoms with Crippen LogP contribution >= 0.6 is 0 Å². The molecule has 11 nitrogen and oxygen atoms in total. The summed E-state index contributed by atoms with van der Waals surface area (Å²) in [4.78, 5) is 13.9. The van der Waals surface area contributed by atoms with Crippen LogP contribution in [0.4, 0.5) is 17.5 Å². The van der Waals surface area contributed by atoms with Crippen molar-refractivity contribution < 1.29 is 14.2 Å². The van der Waals surface area contributed by atoms with Crippen LogP contribution in [0.2, 0.25) is 25.0 Å². The third-order valence-corrected chi connectivity index (χ3v) is 15.0. The number of methoxy groups -OCH3 is 1. The Labute approximate surface area is 287 Å². The molecule has 258 valence electrons. The highest BCUT2D eigenvalue weighted by molar-refractivity contribution is 6.74. The summed E-state index contributed by atoms with van der Waals surface area (Å²) < 4.78 is 14.1. The first-order chi connectivity index (χ1) is 22.6. The van der Waals surface area contributed by atoms with Crippen molar-refractivity contribution in [3.05, 3.63) is 47.3 Å². The van der Waals surface area contributed by atoms with E-state index in [1.54, 1.807) is 20.1 Å². The van der Waals surface area contributed by atoms with Crippen molar-refractivity contribution in [3.63, 3.8) is 0 Å². The Balaban J connectivity index is 1.40. The van der Waals surface area contributed by atoms with E-state index >= 15 is 0 Å². The molecule has 0 radical (unpaired) electrons. The van der Waals surface area contributed by atoms with Gasteiger partial charge in [0.25, 0.3) is 0 Å². The van der Waals surface area contributed by atoms with Gasteiger partial charge in [0.2, 0.25) is 5.95 Å². The minimum absolute atomic E-state index is 0.0639. The van der Waals surface area contributed by atoms with Gasteiger partial charge in [0.1, 0.15) is 11.9 Å². The molecule has 0 amide bonds. The first-order valence-corrected chi connectivity index (χ1v) is 20.1. The molecular formula is C35H53BN8O3Si. The average Bonchev–Trinajstić information content (AvgIpc) is 3.54. The smallest absolute Gasteiger partial charge is 0.409 e. The second kappa shape index (κ2) is 14.3. The van der Waals surface area contributed by atoms with Gasteiger partial charge in [0.15, 0.2) is 8.32 Å². The molecule has 0 bridgehead atoms. The summed E-state index contributed by atoms with van der Waals surface area (Å²) in [6.07, 6.45) is 4.00. The number of nitrogens with one attached hydrogen (secondary N) is 1. The van der Waals surface area contributed by atoms with E-state index in [0.717, 1.165) is 74.0 Å². The SMILES string of the molecule is COCCN1CCC(Cn2nc(C)cc2Nc2nccc(-c3cc(C#N)c4c(c3)[C@@](C)(CO[Si](C)(C)C(C)(C)C)CN4B(C)O)n2)CC1. The second-order valence-electron chi connectivity index (χ2n) is 15.4. The Hall–Kier alpha value is -3.28. The predicted octanol–water partition coefficient (Wildman–Crippen LogP) is 5.83. The Morgan fingerprint density at radius 3 is 2.58 bits per heavy atom. The summed E-state index contributed by atoms with van der Waals surface area (Å²) in [7, 11) is -1.04. The van der Waals surface area contributed by atoms with Gasteiger partial charge in [-0.3, -0.25) is 0 Å². The van der Waals surface area contributed by atoms with Crippen LogP contribution < -0.4 is 10.1 Å². The zero-order valence-electron chi connectivity index (χ0n) is 30.3. The maximum absolute atomic E-state index is 10.8. The van der Waals surface area contributed by atoms with Gasteiger partial charge < -0.3 is 29.2 Å². The summed E-state index contributed by atoms with van der Waals surface area (Å²) >= 11 is 0. The molecule has 3 aromatic rings. The maximum Gasteiger partial charge on any atom is 0.409 e. The van der Waals surface area contributed by atoms with Gasteiger partial charge in [-0.2, -0.15) is 10.4 Å². The summed E-state index contributed by atoms with van der Waals surface area (Å²) in [6, 6.07) is 10.3. The van der Waals surface area contributed by atoms with Crippen LogP contribution in [0.1, 0.15) is 57.4 Å². The van der Waals surface area contributed by atoms with Gasteiger partial charge >= 0.3 is 7.05 Å². The third-order valence-electron chi connectivity index (χ3n) is 10.5. The van der Waals surface area contributed by atoms with E-state index in [2.05, 4.69) is 68.1 Å². The molecule has 13 heteroatoms. The van der Waals surface area contributed by atoms with Crippen LogP contribution in [0, 0.1) is 24.2 Å². The van der Waals surface area contributed by atoms with E-state index in [1.165, 1.54) is 0 Å². The fourth-order valence-corrected chi connectivity index (χ4v) is 7.63. The van der Waals surface area contributed by atoms with Crippen LogP contribution in [0.25, 0.3) is 11.3 Å². The monoisotopic (exact) mass is 672 g/mol. The van der Waals surface area contributed by atoms with Crippen molar-refractivity contribution in [1.82, 2.24) is 24.6 Å². The number of aromatic nitrogens is 4. The quantitative estimate of drug-likeness (QED) is 0.227. The number of aryl methyl sites for hydroxylation is 1. The van der Waals surface area contributed by atoms with Crippen LogP contribution in [0.3, 0.4) is 0 Å². The minimum atomic E-state index is -2.05. The number of likely N-dealkylation sites (tertiary alicyclic amines) is 1. The zero-order valence-corrected chi connectivity index (χ0v) is 31.3. The lowest BCUT2D eigenvalue weighted by Gasteiger charge is -2.39. The summed E-state index contributed by atoms with van der Waals surface area (Å²) in [5.74, 6) is 1.88. The van der Waals surface area contributed by atoms with Crippen molar-refractivity contribution in [3.8, 4) is 17.3 Å². The summed E-state index contributed by atoms with van der Waals surface area (Å²) in [5.41, 5.74) is 4.31. The number of anilines is 3. The van der Waals surface area contributed by atoms with Gasteiger partial charge in [-0.15, -0.1) is 0 Å². The van der Waals surface area contributed by atoms with Crippen molar-refractivity contribution >= 4 is 32.8 Å². The lowest BCUT2D eigenvalue weighted by molar-refractivity contribution is 0.116. The number of benzene rings is 1. The molecule has 2 N–H and O–H groups in total. The largest absolute Gasteiger partial charge is 0.432 e. The molecule has 1 saturated heterocycles. The number of rotatable bonds is 12. The van der Waals surface area contributed by atoms with E-state index in [4.69, 9.17) is 19.2 Å². The standard InChI is InChI=1S/C35H53BN8O3Si/c1-25-18-31(44(41-25)22-26-11-14-42(15-12-26)16-17-46-7)40-33-38-13-10-30(39-33)27-19-28(21-37)32-29(20-27)35(5,23-43(32)36(6)45)24-47-48(8,9)34(2,3)4/h10,13,18-20,26,45H,11-12,14-17,22-24H2,1-9H3,(H,38,39,40)/t35-/m1/s1. The fraction of sp³-hybridized carbons (Fsp3) is 0.600. The lowest BCUT2D eigenvalue weighted by atomic mass is 9.83. The molecule has 4 heterocycles. The van der Waals surface area contributed by atoms with Crippen molar-refractivity contribution in [2.75, 3.05) is 56.6 Å². The lowest BCUT2D eigenvalue weighted by Crippen LogP contribution is -2.47. The minimum Gasteiger partial charge on any atom is -0.432 e. The summed E-state index contributed by atoms with van der Waals surface area (Å²) in [5, 5.41) is 29.4. The van der Waals surface area contributed by atoms with Crippen LogP contribution in [0.15, 0.2) is 30.5 Å². The first kappa shape index (κ1) is 36.0. The highest BCUT2D eigenvalue weighted by atomic mass is 28.4. The third kappa shape index (κ3) is 7.79. The molecule has 1 aromatic carbocycles. The Kier molecular flexibility index (Phi) is 10.7. The van der Waals surface area contributed by atoms with E-state index in [1.807, 2.05) is 34.6 Å².